The van der Waals surface area contributed by atoms with Crippen molar-refractivity contribution in [3.63, 3.8) is 0 Å². The molecule has 2 heterocycles. The molecule has 0 aromatic carbocycles. The van der Waals surface area contributed by atoms with Gasteiger partial charge in [0.2, 0.25) is 0 Å². The van der Waals surface area contributed by atoms with Crippen LogP contribution in [-0.4, -0.2) is 33.2 Å². The van der Waals surface area contributed by atoms with Crippen molar-refractivity contribution in [3.8, 4) is 0 Å². The Bertz CT molecular complexity index is 451. The molecule has 0 radical (unpaired) electrons. The maximum atomic E-state index is 11.9. The van der Waals surface area contributed by atoms with E-state index in [1.807, 2.05) is 20.8 Å². The van der Waals surface area contributed by atoms with E-state index in [4.69, 9.17) is 9.84 Å². The highest BCUT2D eigenvalue weighted by Crippen LogP contribution is 2.26. The van der Waals surface area contributed by atoms with Crippen molar-refractivity contribution < 1.29 is 14.6 Å². The Hall–Kier alpha value is -1.14. The number of carbonyl (C=O) groups excluding carboxylic acids is 1. The number of ether oxygens (including phenoxy) is 1. The number of thiazole rings is 1. The van der Waals surface area contributed by atoms with Crippen molar-refractivity contribution in [2.24, 2.45) is 0 Å². The Labute approximate surface area is 110 Å². The topological polar surface area (TPSA) is 62.7 Å². The van der Waals surface area contributed by atoms with E-state index in [-0.39, 0.29) is 12.7 Å². The minimum absolute atomic E-state index is 0.0376. The summed E-state index contributed by atoms with van der Waals surface area (Å²) in [5.74, 6) is 0. The van der Waals surface area contributed by atoms with Crippen LogP contribution < -0.4 is 0 Å². The number of hydrogen-bond acceptors (Lipinski definition) is 5. The molecular weight excluding hydrogens is 252 g/mol. The molecule has 100 valence electrons. The second-order valence-corrected chi connectivity index (χ2v) is 6.46. The van der Waals surface area contributed by atoms with Gasteiger partial charge in [0.05, 0.1) is 18.8 Å². The lowest BCUT2D eigenvalue weighted by Crippen LogP contribution is -2.39. The van der Waals surface area contributed by atoms with E-state index < -0.39 is 5.60 Å². The summed E-state index contributed by atoms with van der Waals surface area (Å²) in [6.45, 7) is 6.69. The zero-order valence-electron chi connectivity index (χ0n) is 10.9. The number of aliphatic hydroxyl groups excluding tert-OH is 1. The third-order valence-electron chi connectivity index (χ3n) is 2.56. The molecule has 6 heteroatoms. The summed E-state index contributed by atoms with van der Waals surface area (Å²) in [6, 6.07) is 0. The summed E-state index contributed by atoms with van der Waals surface area (Å²) in [5.41, 5.74) is 0.533. The Morgan fingerprint density at radius 1 is 1.56 bits per heavy atom. The van der Waals surface area contributed by atoms with Gasteiger partial charge in [0.25, 0.3) is 0 Å². The van der Waals surface area contributed by atoms with Gasteiger partial charge in [-0.15, -0.1) is 11.3 Å². The number of fused-ring (bicyclic) bond motifs is 1. The van der Waals surface area contributed by atoms with Crippen LogP contribution in [0.15, 0.2) is 0 Å². The summed E-state index contributed by atoms with van der Waals surface area (Å²) in [6.07, 6.45) is 0.442. The molecule has 0 unspecified atom stereocenters. The maximum absolute atomic E-state index is 11.9. The molecule has 0 saturated heterocycles. The molecule has 0 atom stereocenters. The summed E-state index contributed by atoms with van der Waals surface area (Å²) in [7, 11) is 0. The van der Waals surface area contributed by atoms with E-state index in [9.17, 15) is 4.79 Å². The monoisotopic (exact) mass is 270 g/mol. The number of aliphatic hydroxyl groups is 1. The molecule has 0 saturated carbocycles. The van der Waals surface area contributed by atoms with Gasteiger partial charge in [0.15, 0.2) is 0 Å². The van der Waals surface area contributed by atoms with Crippen molar-refractivity contribution in [1.82, 2.24) is 9.88 Å². The van der Waals surface area contributed by atoms with Crippen LogP contribution >= 0.6 is 11.3 Å². The van der Waals surface area contributed by atoms with Gasteiger partial charge < -0.3 is 14.7 Å². The smallest absolute Gasteiger partial charge is 0.410 e. The van der Waals surface area contributed by atoms with E-state index in [1.54, 1.807) is 4.90 Å². The van der Waals surface area contributed by atoms with Gasteiger partial charge in [-0.2, -0.15) is 0 Å². The largest absolute Gasteiger partial charge is 0.444 e. The highest BCUT2D eigenvalue weighted by molar-refractivity contribution is 7.11. The minimum atomic E-state index is -0.471. The Morgan fingerprint density at radius 3 is 2.89 bits per heavy atom. The lowest BCUT2D eigenvalue weighted by molar-refractivity contribution is 0.0225. The average Bonchev–Trinajstić information content (AvgIpc) is 2.68. The van der Waals surface area contributed by atoms with E-state index >= 15 is 0 Å². The highest BCUT2D eigenvalue weighted by atomic mass is 32.1. The van der Waals surface area contributed by atoms with Crippen molar-refractivity contribution in [2.45, 2.75) is 45.9 Å². The van der Waals surface area contributed by atoms with Gasteiger partial charge >= 0.3 is 6.09 Å². The van der Waals surface area contributed by atoms with E-state index in [0.29, 0.717) is 18.1 Å². The van der Waals surface area contributed by atoms with Gasteiger partial charge in [0.1, 0.15) is 10.6 Å². The van der Waals surface area contributed by atoms with Crippen LogP contribution in [0, 0.1) is 0 Å². The van der Waals surface area contributed by atoms with Crippen LogP contribution in [0.25, 0.3) is 0 Å². The van der Waals surface area contributed by atoms with E-state index in [0.717, 1.165) is 17.0 Å². The summed E-state index contributed by atoms with van der Waals surface area (Å²) >= 11 is 1.46. The Balaban J connectivity index is 2.05. The molecule has 0 bridgehead atoms. The first kappa shape index (κ1) is 13.3. The minimum Gasteiger partial charge on any atom is -0.444 e. The van der Waals surface area contributed by atoms with Crippen molar-refractivity contribution in [1.29, 1.82) is 0 Å². The zero-order chi connectivity index (χ0) is 13.3. The Kier molecular flexibility index (Phi) is 3.59. The van der Waals surface area contributed by atoms with Crippen LogP contribution in [0.4, 0.5) is 4.79 Å². The number of carbonyl (C=O) groups is 1. The fourth-order valence-electron chi connectivity index (χ4n) is 1.80. The fraction of sp³-hybridized carbons (Fsp3) is 0.667. The first-order valence-electron chi connectivity index (χ1n) is 5.95. The standard InChI is InChI=1S/C12H18N2O3S/c1-12(2,3)17-11(16)14-5-4-8-9(6-14)18-10(7-15)13-8/h15H,4-7H2,1-3H3. The SMILES string of the molecule is CC(C)(C)OC(=O)N1CCc2nc(CO)sc2C1. The molecule has 1 aliphatic rings. The van der Waals surface area contributed by atoms with Crippen LogP contribution in [-0.2, 0) is 24.3 Å². The number of amides is 1. The molecule has 0 spiro atoms. The number of rotatable bonds is 1. The van der Waals surface area contributed by atoms with Crippen LogP contribution in [0.2, 0.25) is 0 Å². The number of hydrogen-bond donors (Lipinski definition) is 1. The molecule has 0 fully saturated rings. The summed E-state index contributed by atoms with van der Waals surface area (Å²) in [4.78, 5) is 19.0. The van der Waals surface area contributed by atoms with Crippen molar-refractivity contribution in [2.75, 3.05) is 6.54 Å². The molecule has 18 heavy (non-hydrogen) atoms. The van der Waals surface area contributed by atoms with Crippen molar-refractivity contribution >= 4 is 17.4 Å². The first-order chi connectivity index (χ1) is 8.39. The Morgan fingerprint density at radius 2 is 2.28 bits per heavy atom. The highest BCUT2D eigenvalue weighted by Gasteiger charge is 2.27. The summed E-state index contributed by atoms with van der Waals surface area (Å²) in [5, 5.41) is 9.77. The normalized spacial score (nSPS) is 15.4. The second kappa shape index (κ2) is 4.85. The number of nitrogens with zero attached hydrogens (tertiary/aromatic N) is 2. The lowest BCUT2D eigenvalue weighted by atomic mass is 10.2. The molecule has 1 aromatic rings. The van der Waals surface area contributed by atoms with Crippen molar-refractivity contribution in [3.05, 3.63) is 15.6 Å². The third-order valence-corrected chi connectivity index (χ3v) is 3.63. The average molecular weight is 270 g/mol. The zero-order valence-corrected chi connectivity index (χ0v) is 11.7. The number of aromatic nitrogens is 1. The molecular formula is C12H18N2O3S. The van der Waals surface area contributed by atoms with E-state index in [2.05, 4.69) is 4.98 Å². The molecule has 2 rings (SSSR count). The molecule has 1 amide bonds. The van der Waals surface area contributed by atoms with Gasteiger partial charge in [-0.05, 0) is 20.8 Å². The first-order valence-corrected chi connectivity index (χ1v) is 6.77. The molecule has 1 aromatic heterocycles. The molecule has 5 nitrogen and oxygen atoms in total. The molecule has 1 N–H and O–H groups in total. The molecule has 0 aliphatic carbocycles. The summed E-state index contributed by atoms with van der Waals surface area (Å²) < 4.78 is 5.35. The maximum Gasteiger partial charge on any atom is 0.410 e. The lowest BCUT2D eigenvalue weighted by Gasteiger charge is -2.29. The van der Waals surface area contributed by atoms with Gasteiger partial charge in [-0.25, -0.2) is 9.78 Å². The fourth-order valence-corrected chi connectivity index (χ4v) is 2.79. The van der Waals surface area contributed by atoms with E-state index in [1.165, 1.54) is 11.3 Å². The quantitative estimate of drug-likeness (QED) is 0.847. The van der Waals surface area contributed by atoms with Gasteiger partial charge in [-0.3, -0.25) is 0 Å². The van der Waals surface area contributed by atoms with Gasteiger partial charge in [0, 0.05) is 17.8 Å². The predicted octanol–water partition coefficient (Wildman–Crippen LogP) is 1.93. The van der Waals surface area contributed by atoms with Crippen LogP contribution in [0.3, 0.4) is 0 Å². The van der Waals surface area contributed by atoms with Gasteiger partial charge in [-0.1, -0.05) is 0 Å². The predicted molar refractivity (Wildman–Crippen MR) is 68.4 cm³/mol. The second-order valence-electron chi connectivity index (χ2n) is 5.29. The molecule has 1 aliphatic heterocycles. The third kappa shape index (κ3) is 3.00. The van der Waals surface area contributed by atoms with Crippen LogP contribution in [0.5, 0.6) is 0 Å². The van der Waals surface area contributed by atoms with Crippen LogP contribution in [0.1, 0.15) is 36.3 Å².